The average molecular weight is 195 g/mol. The predicted molar refractivity (Wildman–Crippen MR) is 53.8 cm³/mol. The summed E-state index contributed by atoms with van der Waals surface area (Å²) >= 11 is 0. The Morgan fingerprint density at radius 2 is 2.57 bits per heavy atom. The minimum absolute atomic E-state index is 0.329. The summed E-state index contributed by atoms with van der Waals surface area (Å²) in [5, 5.41) is 0. The van der Waals surface area contributed by atoms with Gasteiger partial charge in [-0.2, -0.15) is 0 Å². The first-order chi connectivity index (χ1) is 6.78. The second kappa shape index (κ2) is 4.11. The molecular weight excluding hydrogens is 178 g/mol. The SMILES string of the molecule is CCc1cnc(CN2CCC(N)C2)o1. The highest BCUT2D eigenvalue weighted by Gasteiger charge is 2.20. The maximum Gasteiger partial charge on any atom is 0.208 e. The predicted octanol–water partition coefficient (Wildman–Crippen LogP) is 0.770. The Labute approximate surface area is 84.1 Å². The van der Waals surface area contributed by atoms with Gasteiger partial charge in [-0.3, -0.25) is 4.90 Å². The fourth-order valence-corrected chi connectivity index (χ4v) is 1.78. The molecule has 0 amide bonds. The molecule has 4 heteroatoms. The monoisotopic (exact) mass is 195 g/mol. The first-order valence-electron chi connectivity index (χ1n) is 5.19. The van der Waals surface area contributed by atoms with Gasteiger partial charge in [0.05, 0.1) is 12.7 Å². The van der Waals surface area contributed by atoms with E-state index in [4.69, 9.17) is 10.2 Å². The second-order valence-corrected chi connectivity index (χ2v) is 3.86. The summed E-state index contributed by atoms with van der Waals surface area (Å²) in [5.41, 5.74) is 5.82. The van der Waals surface area contributed by atoms with Crippen molar-refractivity contribution in [2.75, 3.05) is 13.1 Å². The van der Waals surface area contributed by atoms with Crippen LogP contribution >= 0.6 is 0 Å². The van der Waals surface area contributed by atoms with Crippen LogP contribution < -0.4 is 5.73 Å². The molecule has 0 radical (unpaired) electrons. The molecule has 1 aromatic rings. The van der Waals surface area contributed by atoms with Crippen molar-refractivity contribution in [2.45, 2.75) is 32.4 Å². The van der Waals surface area contributed by atoms with Gasteiger partial charge >= 0.3 is 0 Å². The molecule has 0 bridgehead atoms. The van der Waals surface area contributed by atoms with Gasteiger partial charge in [-0.1, -0.05) is 6.92 Å². The molecule has 4 nitrogen and oxygen atoms in total. The highest BCUT2D eigenvalue weighted by molar-refractivity contribution is 4.94. The third kappa shape index (κ3) is 2.13. The molecule has 0 aromatic carbocycles. The van der Waals surface area contributed by atoms with Gasteiger partial charge in [0.2, 0.25) is 5.89 Å². The lowest BCUT2D eigenvalue weighted by atomic mass is 10.3. The van der Waals surface area contributed by atoms with E-state index in [-0.39, 0.29) is 0 Å². The fourth-order valence-electron chi connectivity index (χ4n) is 1.78. The van der Waals surface area contributed by atoms with Crippen LogP contribution in [-0.2, 0) is 13.0 Å². The number of hydrogen-bond acceptors (Lipinski definition) is 4. The summed E-state index contributed by atoms with van der Waals surface area (Å²) in [6, 6.07) is 0.329. The maximum absolute atomic E-state index is 5.82. The third-order valence-corrected chi connectivity index (χ3v) is 2.62. The van der Waals surface area contributed by atoms with Gasteiger partial charge in [0.25, 0.3) is 0 Å². The molecule has 2 heterocycles. The average Bonchev–Trinajstić information content (AvgIpc) is 2.76. The molecule has 0 saturated carbocycles. The minimum atomic E-state index is 0.329. The molecule has 1 fully saturated rings. The Balaban J connectivity index is 1.90. The van der Waals surface area contributed by atoms with Crippen LogP contribution in [0.5, 0.6) is 0 Å². The zero-order valence-electron chi connectivity index (χ0n) is 8.57. The molecule has 1 aliphatic heterocycles. The van der Waals surface area contributed by atoms with Gasteiger partial charge in [0, 0.05) is 25.6 Å². The summed E-state index contributed by atoms with van der Waals surface area (Å²) < 4.78 is 5.54. The Morgan fingerprint density at radius 1 is 1.71 bits per heavy atom. The van der Waals surface area contributed by atoms with Crippen LogP contribution in [0.4, 0.5) is 0 Å². The van der Waals surface area contributed by atoms with Crippen LogP contribution in [0.15, 0.2) is 10.6 Å². The van der Waals surface area contributed by atoms with E-state index < -0.39 is 0 Å². The molecule has 2 rings (SSSR count). The highest BCUT2D eigenvalue weighted by atomic mass is 16.4. The summed E-state index contributed by atoms with van der Waals surface area (Å²) in [7, 11) is 0. The molecule has 1 aromatic heterocycles. The fraction of sp³-hybridized carbons (Fsp3) is 0.700. The van der Waals surface area contributed by atoms with Crippen LogP contribution in [-0.4, -0.2) is 29.0 Å². The third-order valence-electron chi connectivity index (χ3n) is 2.62. The van der Waals surface area contributed by atoms with E-state index in [9.17, 15) is 0 Å². The molecular formula is C10H17N3O. The molecule has 78 valence electrons. The van der Waals surface area contributed by atoms with Crippen molar-refractivity contribution >= 4 is 0 Å². The number of oxazole rings is 1. The quantitative estimate of drug-likeness (QED) is 0.774. The zero-order valence-corrected chi connectivity index (χ0v) is 8.57. The largest absolute Gasteiger partial charge is 0.444 e. The van der Waals surface area contributed by atoms with Crippen LogP contribution in [0.2, 0.25) is 0 Å². The van der Waals surface area contributed by atoms with E-state index in [0.29, 0.717) is 6.04 Å². The van der Waals surface area contributed by atoms with Crippen molar-refractivity contribution in [3.63, 3.8) is 0 Å². The van der Waals surface area contributed by atoms with Gasteiger partial charge < -0.3 is 10.2 Å². The van der Waals surface area contributed by atoms with Gasteiger partial charge in [-0.15, -0.1) is 0 Å². The van der Waals surface area contributed by atoms with E-state index in [1.165, 1.54) is 0 Å². The maximum atomic E-state index is 5.82. The number of nitrogens with zero attached hydrogens (tertiary/aromatic N) is 2. The van der Waals surface area contributed by atoms with E-state index in [1.807, 2.05) is 6.20 Å². The summed E-state index contributed by atoms with van der Waals surface area (Å²) in [6.45, 7) is 4.89. The zero-order chi connectivity index (χ0) is 9.97. The smallest absolute Gasteiger partial charge is 0.208 e. The summed E-state index contributed by atoms with van der Waals surface area (Å²) in [6.07, 6.45) is 3.80. The number of aryl methyl sites for hydroxylation is 1. The number of aromatic nitrogens is 1. The van der Waals surface area contributed by atoms with Crippen LogP contribution in [0.1, 0.15) is 25.0 Å². The molecule has 0 aliphatic carbocycles. The standard InChI is InChI=1S/C10H17N3O/c1-2-9-5-12-10(14-9)7-13-4-3-8(11)6-13/h5,8H,2-4,6-7,11H2,1H3. The van der Waals surface area contributed by atoms with Gasteiger partial charge in [0.1, 0.15) is 5.76 Å². The number of likely N-dealkylation sites (tertiary alicyclic amines) is 1. The first kappa shape index (κ1) is 9.68. The molecule has 0 spiro atoms. The van der Waals surface area contributed by atoms with Crippen molar-refractivity contribution in [3.05, 3.63) is 17.8 Å². The molecule has 1 atom stereocenters. The van der Waals surface area contributed by atoms with E-state index in [0.717, 1.165) is 44.1 Å². The van der Waals surface area contributed by atoms with Crippen molar-refractivity contribution in [1.29, 1.82) is 0 Å². The van der Waals surface area contributed by atoms with Gasteiger partial charge in [0.15, 0.2) is 0 Å². The normalized spacial score (nSPS) is 23.1. The molecule has 14 heavy (non-hydrogen) atoms. The van der Waals surface area contributed by atoms with Crippen molar-refractivity contribution in [1.82, 2.24) is 9.88 Å². The topological polar surface area (TPSA) is 55.3 Å². The number of hydrogen-bond donors (Lipinski definition) is 1. The van der Waals surface area contributed by atoms with Gasteiger partial charge in [-0.05, 0) is 6.42 Å². The number of rotatable bonds is 3. The van der Waals surface area contributed by atoms with E-state index in [2.05, 4.69) is 16.8 Å². The minimum Gasteiger partial charge on any atom is -0.444 e. The summed E-state index contributed by atoms with van der Waals surface area (Å²) in [4.78, 5) is 6.51. The molecule has 2 N–H and O–H groups in total. The van der Waals surface area contributed by atoms with Crippen LogP contribution in [0, 0.1) is 0 Å². The Hall–Kier alpha value is -0.870. The second-order valence-electron chi connectivity index (χ2n) is 3.86. The Bertz CT molecular complexity index is 297. The van der Waals surface area contributed by atoms with Crippen molar-refractivity contribution in [3.8, 4) is 0 Å². The number of nitrogens with two attached hydrogens (primary N) is 1. The summed E-state index contributed by atoms with van der Waals surface area (Å²) in [5.74, 6) is 1.78. The molecule has 1 aliphatic rings. The Kier molecular flexibility index (Phi) is 2.84. The van der Waals surface area contributed by atoms with Crippen LogP contribution in [0.25, 0.3) is 0 Å². The Morgan fingerprint density at radius 3 is 3.14 bits per heavy atom. The lowest BCUT2D eigenvalue weighted by molar-refractivity contribution is 0.283. The first-order valence-corrected chi connectivity index (χ1v) is 5.19. The van der Waals surface area contributed by atoms with Crippen LogP contribution in [0.3, 0.4) is 0 Å². The molecule has 1 unspecified atom stereocenters. The molecule has 1 saturated heterocycles. The van der Waals surface area contributed by atoms with Crippen molar-refractivity contribution < 1.29 is 4.42 Å². The lowest BCUT2D eigenvalue weighted by Crippen LogP contribution is -2.26. The van der Waals surface area contributed by atoms with E-state index in [1.54, 1.807) is 0 Å². The highest BCUT2D eigenvalue weighted by Crippen LogP contribution is 2.12. The van der Waals surface area contributed by atoms with E-state index >= 15 is 0 Å². The lowest BCUT2D eigenvalue weighted by Gasteiger charge is -2.11. The van der Waals surface area contributed by atoms with Crippen molar-refractivity contribution in [2.24, 2.45) is 5.73 Å². The van der Waals surface area contributed by atoms with Gasteiger partial charge in [-0.25, -0.2) is 4.98 Å².